The molecule has 354 valence electrons. The van der Waals surface area contributed by atoms with Crippen LogP contribution in [0.25, 0.3) is 0 Å². The quantitative estimate of drug-likeness (QED) is 0.0954. The van der Waals surface area contributed by atoms with Gasteiger partial charge in [0.05, 0.1) is 29.4 Å². The molecule has 0 saturated heterocycles. The summed E-state index contributed by atoms with van der Waals surface area (Å²) in [4.78, 5) is 20.0. The molecule has 2 fully saturated rings. The van der Waals surface area contributed by atoms with E-state index in [4.69, 9.17) is 20.2 Å². The summed E-state index contributed by atoms with van der Waals surface area (Å²) >= 11 is 0. The van der Waals surface area contributed by atoms with Crippen molar-refractivity contribution >= 4 is 33.1 Å². The van der Waals surface area contributed by atoms with Crippen LogP contribution in [-0.4, -0.2) is 69.2 Å². The number of ether oxygens (including phenoxy) is 2. The number of carbonyl (C=O) groups is 1. The fourth-order valence-electron chi connectivity index (χ4n) is 13.6. The standard InChI is InChI=1S/C55H60N4O7S2/c56-52-38-13-12-37-44(61)15-14-42-53-59-26-40-39(25-57-43(40)27-59)35-16-19-55(29-58-52,50(38)49(35)37)30-68-67-28-41-34(47(64)24-48(51(41)66-53)65-21-20-54(42)17-4-5-18-54)11-9-33(60)23-46(63)36-10-8-32(22-45(36)62)31-6-2-1-3-7-31/h8,10,12-13,16,19,24-26,31-32,35-36,42,44-46,52-53,58,61-64H,1-7,9,11,17-18,22-23,27-30,56H2/p+1/t32-,35-,36+,42-,44+,45-,46+,52-,53+,55+/m1/s1. The molecule has 14 rings (SSSR count). The predicted molar refractivity (Wildman–Crippen MR) is 263 cm³/mol. The lowest BCUT2D eigenvalue weighted by Gasteiger charge is -2.45. The summed E-state index contributed by atoms with van der Waals surface area (Å²) < 4.78 is 13.9. The molecule has 13 heteroatoms. The average molecular weight is 954 g/mol. The highest BCUT2D eigenvalue weighted by molar-refractivity contribution is 8.76. The molecule has 8 aliphatic heterocycles. The minimum Gasteiger partial charge on any atom is -0.508 e. The van der Waals surface area contributed by atoms with Gasteiger partial charge < -0.3 is 35.6 Å². The summed E-state index contributed by atoms with van der Waals surface area (Å²) in [7, 11) is 3.39. The van der Waals surface area contributed by atoms with Crippen molar-refractivity contribution in [3.63, 3.8) is 0 Å². The van der Waals surface area contributed by atoms with E-state index in [1.165, 1.54) is 32.1 Å². The summed E-state index contributed by atoms with van der Waals surface area (Å²) in [5.41, 5.74) is 14.2. The molecule has 4 aliphatic carbocycles. The topological polar surface area (TPSA) is 171 Å². The molecule has 8 N–H and O–H groups in total. The number of nitrogens with one attached hydrogen (secondary N) is 2. The number of phenols is 1. The number of benzene rings is 2. The number of aliphatic imine (C=N–C) groups is 1. The third-order valence-corrected chi connectivity index (χ3v) is 19.6. The molecule has 8 heterocycles. The van der Waals surface area contributed by atoms with Gasteiger partial charge in [-0.3, -0.25) is 20.0 Å². The van der Waals surface area contributed by atoms with Crippen LogP contribution in [0.4, 0.5) is 0 Å². The average Bonchev–Trinajstić information content (AvgIpc) is 4.10. The Kier molecular flexibility index (Phi) is 11.8. The number of nitrogens with zero attached hydrogens (tertiary/aromatic N) is 1. The summed E-state index contributed by atoms with van der Waals surface area (Å²) in [6.45, 7) is 1.16. The van der Waals surface area contributed by atoms with Gasteiger partial charge in [-0.2, -0.15) is 0 Å². The molecule has 2 saturated carbocycles. The zero-order valence-corrected chi connectivity index (χ0v) is 40.0. The van der Waals surface area contributed by atoms with Crippen molar-refractivity contribution in [3.8, 4) is 41.1 Å². The molecule has 11 nitrogen and oxygen atoms in total. The molecule has 1 unspecified atom stereocenters. The molecule has 10 bridgehead atoms. The van der Waals surface area contributed by atoms with E-state index in [0.717, 1.165) is 75.3 Å². The first kappa shape index (κ1) is 44.9. The van der Waals surface area contributed by atoms with E-state index in [1.807, 2.05) is 18.3 Å². The highest BCUT2D eigenvalue weighted by atomic mass is 33.1. The van der Waals surface area contributed by atoms with Gasteiger partial charge in [0.1, 0.15) is 48.1 Å². The Morgan fingerprint density at radius 3 is 2.74 bits per heavy atom. The molecule has 68 heavy (non-hydrogen) atoms. The van der Waals surface area contributed by atoms with Crippen molar-refractivity contribution < 1.29 is 39.6 Å². The number of hydrogen-bond acceptors (Lipinski definition) is 12. The number of aliphatic hydroxyl groups is 3. The summed E-state index contributed by atoms with van der Waals surface area (Å²) in [5.74, 6) is 12.1. The normalized spacial score (nSPS) is 34.1. The third-order valence-electron chi connectivity index (χ3n) is 17.2. The molecule has 2 spiro atoms. The number of carbonyl (C=O) groups excluding carboxylic acids is 1. The van der Waals surface area contributed by atoms with Crippen molar-refractivity contribution in [1.82, 2.24) is 5.32 Å². The van der Waals surface area contributed by atoms with Gasteiger partial charge >= 0.3 is 0 Å². The number of fused-ring (bicyclic) bond motifs is 1. The fourth-order valence-corrected chi connectivity index (χ4v) is 16.2. The number of ketones is 1. The lowest BCUT2D eigenvalue weighted by atomic mass is 9.64. The molecular weight excluding hydrogens is 893 g/mol. The lowest BCUT2D eigenvalue weighted by molar-refractivity contribution is -0.888. The highest BCUT2D eigenvalue weighted by Gasteiger charge is 2.53. The van der Waals surface area contributed by atoms with Crippen LogP contribution in [0.3, 0.4) is 0 Å². The molecular formula is C55H61N4O7S2+. The Labute approximate surface area is 406 Å². The maximum Gasteiger partial charge on any atom is 0.252 e. The summed E-state index contributed by atoms with van der Waals surface area (Å²) in [6, 6.07) is 5.66. The maximum atomic E-state index is 13.9. The second-order valence-corrected chi connectivity index (χ2v) is 23.6. The number of aliphatic hydroxyl groups excluding tert-OH is 3. The highest BCUT2D eigenvalue weighted by Crippen LogP contribution is 2.54. The number of nitrogens with two attached hydrogens (primary N) is 1. The first-order chi connectivity index (χ1) is 33.1. The molecule has 0 aromatic heterocycles. The van der Waals surface area contributed by atoms with Crippen LogP contribution in [0.1, 0.15) is 129 Å². The van der Waals surface area contributed by atoms with Crippen LogP contribution < -0.4 is 25.4 Å². The number of rotatable bonds is 7. The van der Waals surface area contributed by atoms with E-state index in [-0.39, 0.29) is 42.9 Å². The van der Waals surface area contributed by atoms with Crippen molar-refractivity contribution in [2.24, 2.45) is 39.8 Å². The van der Waals surface area contributed by atoms with E-state index in [9.17, 15) is 25.2 Å². The largest absolute Gasteiger partial charge is 0.508 e. The lowest BCUT2D eigenvalue weighted by Crippen LogP contribution is -3.13. The second kappa shape index (κ2) is 17.8. The van der Waals surface area contributed by atoms with Crippen LogP contribution in [0.5, 0.6) is 17.2 Å². The Bertz CT molecular complexity index is 2710. The predicted octanol–water partition coefficient (Wildman–Crippen LogP) is 6.23. The minimum atomic E-state index is -1.10. The van der Waals surface area contributed by atoms with E-state index in [1.54, 1.807) is 27.7 Å². The maximum absolute atomic E-state index is 13.9. The van der Waals surface area contributed by atoms with E-state index >= 15 is 0 Å². The molecule has 2 aromatic carbocycles. The van der Waals surface area contributed by atoms with Crippen molar-refractivity contribution in [1.29, 1.82) is 0 Å². The first-order valence-corrected chi connectivity index (χ1v) is 27.5. The van der Waals surface area contributed by atoms with Crippen molar-refractivity contribution in [3.05, 3.63) is 99.4 Å². The smallest absolute Gasteiger partial charge is 0.252 e. The summed E-state index contributed by atoms with van der Waals surface area (Å²) in [5, 5.41) is 50.7. The fraction of sp³-hybridized carbons (Fsp3) is 0.527. The van der Waals surface area contributed by atoms with Gasteiger partial charge in [-0.1, -0.05) is 108 Å². The number of phenolic OH excluding ortho intramolecular Hbond substituents is 1. The van der Waals surface area contributed by atoms with Gasteiger partial charge in [0.2, 0.25) is 0 Å². The number of allylic oxidation sites excluding steroid dienone is 3. The molecule has 11 atom stereocenters. The van der Waals surface area contributed by atoms with Gasteiger partial charge in [0.25, 0.3) is 6.23 Å². The van der Waals surface area contributed by atoms with Crippen LogP contribution in [-0.2, 0) is 22.4 Å². The minimum absolute atomic E-state index is 0.0112. The zero-order valence-electron chi connectivity index (χ0n) is 38.3. The number of aromatic hydroxyl groups is 1. The Balaban J connectivity index is 0.944. The van der Waals surface area contributed by atoms with Gasteiger partial charge in [0.15, 0.2) is 11.5 Å². The van der Waals surface area contributed by atoms with Crippen LogP contribution in [0.15, 0.2) is 71.0 Å². The third kappa shape index (κ3) is 7.63. The Hall–Kier alpha value is -4.28. The van der Waals surface area contributed by atoms with Gasteiger partial charge in [-0.15, -0.1) is 0 Å². The zero-order chi connectivity index (χ0) is 46.3. The number of hydrogen-bond donors (Lipinski definition) is 7. The van der Waals surface area contributed by atoms with Crippen LogP contribution in [0, 0.1) is 53.0 Å². The number of Topliss-reactive ketones (excluding diaryl/α,β-unsaturated/α-hetero) is 1. The Morgan fingerprint density at radius 1 is 1.06 bits per heavy atom. The van der Waals surface area contributed by atoms with Crippen LogP contribution in [0.2, 0.25) is 0 Å². The van der Waals surface area contributed by atoms with Gasteiger partial charge in [-0.25, -0.2) is 0 Å². The SMILES string of the molecule is N[C@@H]1NC[C@@]23C=C[C@@H]4C5=CN=C6C[NH+](C=C56)[C@H]5Oc6c(cc(O)c(CCC(=O)C[C@H](O)[C@H]7C=C[C@@H](C8CCCCC8)C[C@H]7O)c6CSSC2)OC#CC2(CCCC2)[C@@H]5C#C[C@H](O)c2ccc1c3c24. The van der Waals surface area contributed by atoms with Crippen LogP contribution >= 0.6 is 21.6 Å². The van der Waals surface area contributed by atoms with Crippen molar-refractivity contribution in [2.45, 2.75) is 131 Å². The van der Waals surface area contributed by atoms with Crippen molar-refractivity contribution in [2.75, 3.05) is 18.8 Å². The monoisotopic (exact) mass is 953 g/mol. The van der Waals surface area contributed by atoms with Gasteiger partial charge in [0, 0.05) is 71.5 Å². The molecule has 12 aliphatic rings. The van der Waals surface area contributed by atoms with E-state index in [0.29, 0.717) is 59.9 Å². The van der Waals surface area contributed by atoms with E-state index in [2.05, 4.69) is 59.7 Å². The second-order valence-electron chi connectivity index (χ2n) is 21.1. The first-order valence-electron chi connectivity index (χ1n) is 25.0. The van der Waals surface area contributed by atoms with E-state index < -0.39 is 47.2 Å². The van der Waals surface area contributed by atoms with Gasteiger partial charge in [-0.05, 0) is 78.2 Å². The molecule has 0 radical (unpaired) electrons. The number of quaternary nitrogens is 1. The molecule has 2 aromatic rings. The summed E-state index contributed by atoms with van der Waals surface area (Å²) in [6.07, 6.45) is 22.7. The Morgan fingerprint density at radius 2 is 1.90 bits per heavy atom. The molecule has 0 amide bonds.